The summed E-state index contributed by atoms with van der Waals surface area (Å²) < 4.78 is 27.1. The number of nitrogens with one attached hydrogen (secondary N) is 1. The third-order valence-corrected chi connectivity index (χ3v) is 3.79. The number of fused-ring (bicyclic) bond motifs is 1. The number of aromatic nitrogens is 1. The van der Waals surface area contributed by atoms with Gasteiger partial charge in [0.15, 0.2) is 0 Å². The largest absolute Gasteiger partial charge is 0.359 e. The molecule has 0 atom stereocenters. The second-order valence-electron chi connectivity index (χ2n) is 6.36. The van der Waals surface area contributed by atoms with Crippen molar-refractivity contribution in [1.82, 2.24) is 9.88 Å². The molecular weight excluding hydrogens is 270 g/mol. The topological polar surface area (TPSA) is 19.0 Å². The second kappa shape index (κ2) is 6.56. The van der Waals surface area contributed by atoms with Crippen LogP contribution in [0.4, 0.5) is 8.78 Å². The van der Waals surface area contributed by atoms with Crippen LogP contribution in [0.5, 0.6) is 0 Å². The summed E-state index contributed by atoms with van der Waals surface area (Å²) in [4.78, 5) is 5.32. The van der Waals surface area contributed by atoms with Crippen LogP contribution in [0.3, 0.4) is 0 Å². The minimum Gasteiger partial charge on any atom is -0.359 e. The van der Waals surface area contributed by atoms with Crippen LogP contribution in [0.25, 0.3) is 10.9 Å². The predicted molar refractivity (Wildman–Crippen MR) is 83.5 cm³/mol. The van der Waals surface area contributed by atoms with Gasteiger partial charge in [-0.1, -0.05) is 13.8 Å². The number of nitrogens with zero attached hydrogens (tertiary/aromatic N) is 1. The number of benzene rings is 1. The maximum absolute atomic E-state index is 13.7. The van der Waals surface area contributed by atoms with Crippen LogP contribution in [0.15, 0.2) is 18.3 Å². The molecule has 0 aliphatic heterocycles. The van der Waals surface area contributed by atoms with E-state index in [9.17, 15) is 8.78 Å². The Morgan fingerprint density at radius 3 is 2.48 bits per heavy atom. The lowest BCUT2D eigenvalue weighted by Gasteiger charge is -2.28. The first-order valence-corrected chi connectivity index (χ1v) is 7.57. The van der Waals surface area contributed by atoms with Crippen molar-refractivity contribution in [1.29, 1.82) is 0 Å². The van der Waals surface area contributed by atoms with Gasteiger partial charge in [-0.2, -0.15) is 0 Å². The molecule has 0 fully saturated rings. The molecule has 1 aromatic carbocycles. The minimum absolute atomic E-state index is 0.395. The van der Waals surface area contributed by atoms with Crippen molar-refractivity contribution in [2.45, 2.75) is 40.2 Å². The quantitative estimate of drug-likeness (QED) is 0.839. The molecule has 1 aromatic heterocycles. The van der Waals surface area contributed by atoms with Crippen LogP contribution >= 0.6 is 0 Å². The maximum atomic E-state index is 13.7. The van der Waals surface area contributed by atoms with Gasteiger partial charge in [0.2, 0.25) is 0 Å². The Kier molecular flexibility index (Phi) is 4.99. The third-order valence-electron chi connectivity index (χ3n) is 3.79. The molecule has 1 N–H and O–H groups in total. The van der Waals surface area contributed by atoms with E-state index in [1.54, 1.807) is 6.20 Å². The Balaban J connectivity index is 2.16. The highest BCUT2D eigenvalue weighted by atomic mass is 19.1. The molecule has 0 radical (unpaired) electrons. The van der Waals surface area contributed by atoms with Gasteiger partial charge in [-0.25, -0.2) is 8.78 Å². The van der Waals surface area contributed by atoms with Crippen LogP contribution < -0.4 is 0 Å². The number of rotatable bonds is 6. The van der Waals surface area contributed by atoms with Gasteiger partial charge in [-0.05, 0) is 37.8 Å². The second-order valence-corrected chi connectivity index (χ2v) is 6.36. The summed E-state index contributed by atoms with van der Waals surface area (Å²) in [6.45, 7) is 10.7. The summed E-state index contributed by atoms with van der Waals surface area (Å²) in [7, 11) is 0. The van der Waals surface area contributed by atoms with Crippen LogP contribution in [-0.2, 0) is 6.42 Å². The van der Waals surface area contributed by atoms with Gasteiger partial charge in [0.1, 0.15) is 11.6 Å². The Bertz CT molecular complexity index is 602. The van der Waals surface area contributed by atoms with Gasteiger partial charge < -0.3 is 9.88 Å². The van der Waals surface area contributed by atoms with Crippen molar-refractivity contribution in [2.75, 3.05) is 13.1 Å². The number of aromatic amines is 1. The fraction of sp³-hybridized carbons (Fsp3) is 0.529. The van der Waals surface area contributed by atoms with E-state index in [0.717, 1.165) is 31.1 Å². The zero-order valence-electron chi connectivity index (χ0n) is 13.2. The van der Waals surface area contributed by atoms with Crippen LogP contribution in [0.2, 0.25) is 0 Å². The zero-order chi connectivity index (χ0) is 15.6. The van der Waals surface area contributed by atoms with Gasteiger partial charge >= 0.3 is 0 Å². The van der Waals surface area contributed by atoms with Crippen molar-refractivity contribution < 1.29 is 8.78 Å². The summed E-state index contributed by atoms with van der Waals surface area (Å²) in [5.74, 6) is -0.451. The molecule has 4 heteroatoms. The van der Waals surface area contributed by atoms with Gasteiger partial charge in [0.25, 0.3) is 0 Å². The van der Waals surface area contributed by atoms with Gasteiger partial charge in [0, 0.05) is 36.8 Å². The molecule has 116 valence electrons. The lowest BCUT2D eigenvalue weighted by atomic mass is 10.1. The van der Waals surface area contributed by atoms with Crippen LogP contribution in [-0.4, -0.2) is 29.0 Å². The summed E-state index contributed by atoms with van der Waals surface area (Å²) >= 11 is 0. The van der Waals surface area contributed by atoms with Crippen molar-refractivity contribution in [2.24, 2.45) is 5.92 Å². The van der Waals surface area contributed by atoms with Crippen molar-refractivity contribution in [3.05, 3.63) is 35.5 Å². The van der Waals surface area contributed by atoms with E-state index in [-0.39, 0.29) is 0 Å². The molecule has 2 nitrogen and oxygen atoms in total. The third kappa shape index (κ3) is 3.82. The Morgan fingerprint density at radius 1 is 1.14 bits per heavy atom. The average Bonchev–Trinajstić information content (AvgIpc) is 2.77. The molecule has 0 aliphatic rings. The van der Waals surface area contributed by atoms with E-state index in [1.165, 1.54) is 6.07 Å². The van der Waals surface area contributed by atoms with E-state index in [0.29, 0.717) is 22.9 Å². The molecule has 0 spiro atoms. The van der Waals surface area contributed by atoms with Gasteiger partial charge in [0.05, 0.1) is 5.52 Å². The summed E-state index contributed by atoms with van der Waals surface area (Å²) in [5, 5.41) is 0.653. The standard InChI is InChI=1S/C17H24F2N2/c1-11(2)10-21(12(3)4)6-5-13-9-20-17-15(13)7-14(18)8-16(17)19/h7-9,11-12,20H,5-6,10H2,1-4H3. The molecule has 0 amide bonds. The van der Waals surface area contributed by atoms with E-state index in [2.05, 4.69) is 37.6 Å². The molecule has 0 bridgehead atoms. The lowest BCUT2D eigenvalue weighted by Crippen LogP contribution is -2.35. The van der Waals surface area contributed by atoms with Crippen molar-refractivity contribution in [3.8, 4) is 0 Å². The first-order valence-electron chi connectivity index (χ1n) is 7.57. The summed E-state index contributed by atoms with van der Waals surface area (Å²) in [6, 6.07) is 2.79. The number of hydrogen-bond acceptors (Lipinski definition) is 1. The van der Waals surface area contributed by atoms with E-state index < -0.39 is 11.6 Å². The lowest BCUT2D eigenvalue weighted by molar-refractivity contribution is 0.200. The molecule has 0 saturated heterocycles. The van der Waals surface area contributed by atoms with Gasteiger partial charge in [-0.3, -0.25) is 0 Å². The van der Waals surface area contributed by atoms with E-state index in [4.69, 9.17) is 0 Å². The first kappa shape index (κ1) is 16.0. The monoisotopic (exact) mass is 294 g/mol. The summed E-state index contributed by atoms with van der Waals surface area (Å²) in [6.07, 6.45) is 2.58. The van der Waals surface area contributed by atoms with E-state index >= 15 is 0 Å². The van der Waals surface area contributed by atoms with Crippen molar-refractivity contribution in [3.63, 3.8) is 0 Å². The molecule has 0 unspecified atom stereocenters. The average molecular weight is 294 g/mol. The highest BCUT2D eigenvalue weighted by Crippen LogP contribution is 2.23. The normalized spacial score (nSPS) is 12.2. The number of halogens is 2. The maximum Gasteiger partial charge on any atom is 0.150 e. The minimum atomic E-state index is -0.529. The molecule has 0 aliphatic carbocycles. The van der Waals surface area contributed by atoms with Crippen LogP contribution in [0.1, 0.15) is 33.3 Å². The van der Waals surface area contributed by atoms with E-state index in [1.807, 2.05) is 0 Å². The molecular formula is C17H24F2N2. The fourth-order valence-electron chi connectivity index (χ4n) is 2.71. The predicted octanol–water partition coefficient (Wildman–Crippen LogP) is 4.36. The highest BCUT2D eigenvalue weighted by Gasteiger charge is 2.14. The molecule has 21 heavy (non-hydrogen) atoms. The molecule has 2 aromatic rings. The highest BCUT2D eigenvalue weighted by molar-refractivity contribution is 5.83. The smallest absolute Gasteiger partial charge is 0.150 e. The molecule has 2 rings (SSSR count). The Morgan fingerprint density at radius 2 is 1.86 bits per heavy atom. The van der Waals surface area contributed by atoms with Gasteiger partial charge in [-0.15, -0.1) is 0 Å². The Labute approximate surface area is 125 Å². The first-order chi connectivity index (χ1) is 9.88. The number of hydrogen-bond donors (Lipinski definition) is 1. The Hall–Kier alpha value is -1.42. The molecule has 0 saturated carbocycles. The zero-order valence-corrected chi connectivity index (χ0v) is 13.2. The fourth-order valence-corrected chi connectivity index (χ4v) is 2.71. The SMILES string of the molecule is CC(C)CN(CCc1c[nH]c2c(F)cc(F)cc12)C(C)C. The number of H-pyrrole nitrogens is 1. The summed E-state index contributed by atoms with van der Waals surface area (Å²) in [5.41, 5.74) is 1.36. The van der Waals surface area contributed by atoms with Crippen LogP contribution in [0, 0.1) is 17.6 Å². The van der Waals surface area contributed by atoms with Crippen molar-refractivity contribution >= 4 is 10.9 Å². The molecule has 1 heterocycles.